The van der Waals surface area contributed by atoms with Gasteiger partial charge in [0.2, 0.25) is 5.91 Å². The number of benzene rings is 1. The Labute approximate surface area is 114 Å². The molecule has 106 valence electrons. The van der Waals surface area contributed by atoms with E-state index < -0.39 is 15.7 Å². The number of carbonyl (C=O) groups excluding carboxylic acids is 1. The van der Waals surface area contributed by atoms with Crippen molar-refractivity contribution in [3.05, 3.63) is 35.9 Å². The number of sulfone groups is 1. The highest BCUT2D eigenvalue weighted by Crippen LogP contribution is 2.03. The number of rotatable bonds is 8. The zero-order chi connectivity index (χ0) is 14.3. The highest BCUT2D eigenvalue weighted by molar-refractivity contribution is 7.91. The van der Waals surface area contributed by atoms with Gasteiger partial charge in [0.25, 0.3) is 0 Å². The highest BCUT2D eigenvalue weighted by atomic mass is 32.2. The van der Waals surface area contributed by atoms with Gasteiger partial charge in [0.1, 0.15) is 0 Å². The first kappa shape index (κ1) is 15.7. The molecule has 19 heavy (non-hydrogen) atoms. The monoisotopic (exact) mass is 284 g/mol. The minimum Gasteiger partial charge on any atom is -0.370 e. The molecule has 0 aromatic heterocycles. The molecule has 0 radical (unpaired) electrons. The molecule has 0 saturated heterocycles. The lowest BCUT2D eigenvalue weighted by Crippen LogP contribution is -2.27. The van der Waals surface area contributed by atoms with Gasteiger partial charge in [0.05, 0.1) is 11.5 Å². The van der Waals surface area contributed by atoms with E-state index >= 15 is 0 Å². The molecule has 2 N–H and O–H groups in total. The normalized spacial score (nSPS) is 11.7. The van der Waals surface area contributed by atoms with Crippen LogP contribution in [-0.4, -0.2) is 44.3 Å². The molecule has 5 nitrogen and oxygen atoms in total. The number of amides is 1. The third-order valence-electron chi connectivity index (χ3n) is 2.74. The van der Waals surface area contributed by atoms with Crippen LogP contribution in [0.5, 0.6) is 0 Å². The van der Waals surface area contributed by atoms with E-state index in [0.717, 1.165) is 5.56 Å². The van der Waals surface area contributed by atoms with Crippen molar-refractivity contribution < 1.29 is 13.2 Å². The maximum Gasteiger partial charge on any atom is 0.218 e. The number of nitrogens with two attached hydrogens (primary N) is 1. The molecule has 1 amide bonds. The molecule has 0 fully saturated rings. The molecular formula is C13H20N2O3S. The molecule has 0 aliphatic rings. The Hall–Kier alpha value is -1.40. The maximum absolute atomic E-state index is 11.7. The zero-order valence-corrected chi connectivity index (χ0v) is 11.9. The first-order valence-corrected chi connectivity index (χ1v) is 7.92. The van der Waals surface area contributed by atoms with Crippen molar-refractivity contribution in [2.24, 2.45) is 5.73 Å². The molecule has 0 aliphatic carbocycles. The van der Waals surface area contributed by atoms with E-state index in [9.17, 15) is 13.2 Å². The van der Waals surface area contributed by atoms with Gasteiger partial charge < -0.3 is 10.6 Å². The van der Waals surface area contributed by atoms with E-state index in [1.165, 1.54) is 0 Å². The third-order valence-corrected chi connectivity index (χ3v) is 4.37. The molecule has 1 aromatic rings. The molecule has 0 aliphatic heterocycles. The summed E-state index contributed by atoms with van der Waals surface area (Å²) in [5, 5.41) is 0. The number of primary amides is 1. The third kappa shape index (κ3) is 6.93. The minimum absolute atomic E-state index is 0.0453. The second-order valence-corrected chi connectivity index (χ2v) is 6.90. The number of nitrogens with zero attached hydrogens (tertiary/aromatic N) is 1. The Balaban J connectivity index is 2.37. The second-order valence-electron chi connectivity index (χ2n) is 4.59. The van der Waals surface area contributed by atoms with Gasteiger partial charge in [-0.1, -0.05) is 30.3 Å². The summed E-state index contributed by atoms with van der Waals surface area (Å²) in [7, 11) is -1.33. The van der Waals surface area contributed by atoms with Crippen LogP contribution in [0, 0.1) is 0 Å². The quantitative estimate of drug-likeness (QED) is 0.749. The molecule has 0 atom stereocenters. The summed E-state index contributed by atoms with van der Waals surface area (Å²) in [6.45, 7) is 1.14. The van der Waals surface area contributed by atoms with Crippen LogP contribution < -0.4 is 5.73 Å². The van der Waals surface area contributed by atoms with Crippen molar-refractivity contribution in [3.63, 3.8) is 0 Å². The summed E-state index contributed by atoms with van der Waals surface area (Å²) in [5.74, 6) is -0.702. The van der Waals surface area contributed by atoms with Crippen LogP contribution in [0.15, 0.2) is 30.3 Å². The topological polar surface area (TPSA) is 80.5 Å². The molecule has 0 unspecified atom stereocenters. The van der Waals surface area contributed by atoms with Crippen LogP contribution in [-0.2, 0) is 21.2 Å². The Kier molecular flexibility index (Phi) is 5.98. The van der Waals surface area contributed by atoms with Crippen LogP contribution in [0.4, 0.5) is 0 Å². The molecular weight excluding hydrogens is 264 g/mol. The SMILES string of the molecule is CN(CCS(=O)(=O)CCC(N)=O)Cc1ccccc1. The Morgan fingerprint density at radius 3 is 2.42 bits per heavy atom. The largest absolute Gasteiger partial charge is 0.370 e. The summed E-state index contributed by atoms with van der Waals surface area (Å²) in [4.78, 5) is 12.5. The Morgan fingerprint density at radius 2 is 1.84 bits per heavy atom. The lowest BCUT2D eigenvalue weighted by Gasteiger charge is -2.16. The van der Waals surface area contributed by atoms with Crippen molar-refractivity contribution in [3.8, 4) is 0 Å². The predicted molar refractivity (Wildman–Crippen MR) is 75.2 cm³/mol. The van der Waals surface area contributed by atoms with Gasteiger partial charge in [-0.15, -0.1) is 0 Å². The molecule has 0 saturated carbocycles. The van der Waals surface area contributed by atoms with Crippen LogP contribution >= 0.6 is 0 Å². The summed E-state index contributed by atoms with van der Waals surface area (Å²) in [6, 6.07) is 9.84. The van der Waals surface area contributed by atoms with Crippen LogP contribution in [0.2, 0.25) is 0 Å². The summed E-state index contributed by atoms with van der Waals surface area (Å²) >= 11 is 0. The molecule has 1 rings (SSSR count). The van der Waals surface area contributed by atoms with E-state index in [1.54, 1.807) is 0 Å². The Morgan fingerprint density at radius 1 is 1.21 bits per heavy atom. The van der Waals surface area contributed by atoms with E-state index in [1.807, 2.05) is 42.3 Å². The van der Waals surface area contributed by atoms with Gasteiger partial charge in [-0.3, -0.25) is 4.79 Å². The summed E-state index contributed by atoms with van der Waals surface area (Å²) in [5.41, 5.74) is 6.08. The molecule has 0 heterocycles. The van der Waals surface area contributed by atoms with Crippen molar-refractivity contribution in [2.75, 3.05) is 25.1 Å². The van der Waals surface area contributed by atoms with Gasteiger partial charge >= 0.3 is 0 Å². The van der Waals surface area contributed by atoms with Gasteiger partial charge in [-0.2, -0.15) is 0 Å². The standard InChI is InChI=1S/C13H20N2O3S/c1-15(11-12-5-3-2-4-6-12)8-10-19(17,18)9-7-13(14)16/h2-6H,7-11H2,1H3,(H2,14,16). The molecule has 6 heteroatoms. The van der Waals surface area contributed by atoms with Gasteiger partial charge in [0.15, 0.2) is 9.84 Å². The molecule has 0 bridgehead atoms. The first-order chi connectivity index (χ1) is 8.89. The van der Waals surface area contributed by atoms with Gasteiger partial charge in [-0.25, -0.2) is 8.42 Å². The second kappa shape index (κ2) is 7.25. The fourth-order valence-corrected chi connectivity index (χ4v) is 2.93. The van der Waals surface area contributed by atoms with E-state index in [2.05, 4.69) is 0 Å². The fraction of sp³-hybridized carbons (Fsp3) is 0.462. The average Bonchev–Trinajstić information content (AvgIpc) is 2.36. The first-order valence-electron chi connectivity index (χ1n) is 6.10. The van der Waals surface area contributed by atoms with E-state index in [0.29, 0.717) is 13.1 Å². The molecule has 0 spiro atoms. The van der Waals surface area contributed by atoms with Crippen LogP contribution in [0.1, 0.15) is 12.0 Å². The smallest absolute Gasteiger partial charge is 0.218 e. The lowest BCUT2D eigenvalue weighted by molar-refractivity contribution is -0.117. The predicted octanol–water partition coefficient (Wildman–Crippen LogP) is 0.409. The van der Waals surface area contributed by atoms with Crippen LogP contribution in [0.25, 0.3) is 0 Å². The van der Waals surface area contributed by atoms with E-state index in [4.69, 9.17) is 5.73 Å². The summed E-state index contributed by atoms with van der Waals surface area (Å²) < 4.78 is 23.3. The Bertz CT molecular complexity index is 500. The summed E-state index contributed by atoms with van der Waals surface area (Å²) in [6.07, 6.45) is -0.106. The minimum atomic E-state index is -3.21. The van der Waals surface area contributed by atoms with Crippen molar-refractivity contribution in [2.45, 2.75) is 13.0 Å². The van der Waals surface area contributed by atoms with E-state index in [-0.39, 0.29) is 17.9 Å². The number of carbonyl (C=O) groups is 1. The van der Waals surface area contributed by atoms with Crippen molar-refractivity contribution in [1.82, 2.24) is 4.90 Å². The van der Waals surface area contributed by atoms with Gasteiger partial charge in [-0.05, 0) is 12.6 Å². The highest BCUT2D eigenvalue weighted by Gasteiger charge is 2.13. The van der Waals surface area contributed by atoms with Crippen molar-refractivity contribution in [1.29, 1.82) is 0 Å². The maximum atomic E-state index is 11.7. The van der Waals surface area contributed by atoms with Crippen LogP contribution in [0.3, 0.4) is 0 Å². The van der Waals surface area contributed by atoms with Crippen molar-refractivity contribution >= 4 is 15.7 Å². The molecule has 1 aromatic carbocycles. The lowest BCUT2D eigenvalue weighted by atomic mass is 10.2. The average molecular weight is 284 g/mol. The fourth-order valence-electron chi connectivity index (χ4n) is 1.63. The zero-order valence-electron chi connectivity index (χ0n) is 11.1. The van der Waals surface area contributed by atoms with Gasteiger partial charge in [0, 0.05) is 19.5 Å². The number of hydrogen-bond acceptors (Lipinski definition) is 4. The number of hydrogen-bond donors (Lipinski definition) is 1.